The first kappa shape index (κ1) is 19.5. The molecule has 1 aliphatic rings. The molecule has 4 amide bonds. The van der Waals surface area contributed by atoms with Crippen molar-refractivity contribution in [1.82, 2.24) is 15.1 Å². The first-order valence-electron chi connectivity index (χ1n) is 8.60. The third kappa shape index (κ3) is 3.58. The molecule has 0 aliphatic carbocycles. The molecule has 1 saturated heterocycles. The van der Waals surface area contributed by atoms with Crippen molar-refractivity contribution in [2.45, 2.75) is 19.0 Å². The number of carbonyl (C=O) groups is 3. The molecule has 2 aromatic carbocycles. The maximum absolute atomic E-state index is 14.2. The van der Waals surface area contributed by atoms with E-state index in [9.17, 15) is 23.2 Å². The fourth-order valence-electron chi connectivity index (χ4n) is 3.11. The number of carbonyl (C=O) groups excluding carboxylic acids is 3. The number of amides is 4. The summed E-state index contributed by atoms with van der Waals surface area (Å²) in [6, 6.07) is 11.1. The van der Waals surface area contributed by atoms with Gasteiger partial charge in [-0.3, -0.25) is 14.5 Å². The second-order valence-electron chi connectivity index (χ2n) is 6.81. The molecule has 2 aromatic rings. The fourth-order valence-corrected chi connectivity index (χ4v) is 3.11. The minimum atomic E-state index is -1.79. The van der Waals surface area contributed by atoms with Gasteiger partial charge in [-0.1, -0.05) is 30.3 Å². The van der Waals surface area contributed by atoms with Crippen molar-refractivity contribution in [2.75, 3.05) is 13.6 Å². The highest BCUT2D eigenvalue weighted by molar-refractivity contribution is 6.09. The quantitative estimate of drug-likeness (QED) is 0.801. The number of urea groups is 1. The van der Waals surface area contributed by atoms with Crippen LogP contribution in [0.4, 0.5) is 13.6 Å². The third-order valence-corrected chi connectivity index (χ3v) is 4.72. The van der Waals surface area contributed by atoms with Crippen LogP contribution >= 0.6 is 0 Å². The Bertz CT molecular complexity index is 936. The molecule has 146 valence electrons. The van der Waals surface area contributed by atoms with E-state index in [1.54, 1.807) is 7.05 Å². The fraction of sp³-hybridized carbons (Fsp3) is 0.250. The Morgan fingerprint density at radius 2 is 1.82 bits per heavy atom. The average molecular weight is 387 g/mol. The standard InChI is InChI=1S/C20H19F2N3O3/c1-20(15-10-14(21)8-9-16(15)22)18(27)25(19(28)23-20)12-17(26)24(2)11-13-6-4-3-5-7-13/h3-10H,11-12H2,1-2H3,(H,23,28)/t20-/m1/s1. The van der Waals surface area contributed by atoms with Crippen molar-refractivity contribution in [3.05, 3.63) is 71.3 Å². The number of likely N-dealkylation sites (N-methyl/N-ethyl adjacent to an activating group) is 1. The molecule has 28 heavy (non-hydrogen) atoms. The molecule has 1 heterocycles. The molecule has 0 spiro atoms. The van der Waals surface area contributed by atoms with Gasteiger partial charge >= 0.3 is 6.03 Å². The number of rotatable bonds is 5. The number of hydrogen-bond donors (Lipinski definition) is 1. The molecule has 1 fully saturated rings. The minimum Gasteiger partial charge on any atom is -0.340 e. The topological polar surface area (TPSA) is 69.7 Å². The zero-order valence-corrected chi connectivity index (χ0v) is 15.4. The van der Waals surface area contributed by atoms with Crippen molar-refractivity contribution in [1.29, 1.82) is 0 Å². The zero-order chi connectivity index (χ0) is 20.5. The summed E-state index contributed by atoms with van der Waals surface area (Å²) in [4.78, 5) is 39.7. The minimum absolute atomic E-state index is 0.293. The van der Waals surface area contributed by atoms with Crippen LogP contribution in [0.5, 0.6) is 0 Å². The van der Waals surface area contributed by atoms with Gasteiger partial charge in [-0.05, 0) is 30.7 Å². The highest BCUT2D eigenvalue weighted by atomic mass is 19.1. The molecule has 3 rings (SSSR count). The van der Waals surface area contributed by atoms with Crippen molar-refractivity contribution < 1.29 is 23.2 Å². The third-order valence-electron chi connectivity index (χ3n) is 4.72. The molecule has 0 unspecified atom stereocenters. The van der Waals surface area contributed by atoms with E-state index in [4.69, 9.17) is 0 Å². The number of nitrogens with one attached hydrogen (secondary N) is 1. The lowest BCUT2D eigenvalue weighted by atomic mass is 9.91. The van der Waals surface area contributed by atoms with Crippen LogP contribution in [0.15, 0.2) is 48.5 Å². The lowest BCUT2D eigenvalue weighted by molar-refractivity contribution is -0.138. The molecule has 1 aliphatic heterocycles. The van der Waals surface area contributed by atoms with Crippen LogP contribution in [0.2, 0.25) is 0 Å². The van der Waals surface area contributed by atoms with Gasteiger partial charge in [-0.25, -0.2) is 13.6 Å². The first-order valence-corrected chi connectivity index (χ1v) is 8.60. The van der Waals surface area contributed by atoms with Crippen molar-refractivity contribution in [3.8, 4) is 0 Å². The predicted octanol–water partition coefficient (Wildman–Crippen LogP) is 2.39. The molecule has 1 N–H and O–H groups in total. The van der Waals surface area contributed by atoms with Gasteiger partial charge in [0.25, 0.3) is 5.91 Å². The molecule has 6 nitrogen and oxygen atoms in total. The summed E-state index contributed by atoms with van der Waals surface area (Å²) >= 11 is 0. The molecular weight excluding hydrogens is 368 g/mol. The Balaban J connectivity index is 1.76. The van der Waals surface area contributed by atoms with Gasteiger partial charge in [0, 0.05) is 19.2 Å². The Morgan fingerprint density at radius 3 is 2.50 bits per heavy atom. The summed E-state index contributed by atoms with van der Waals surface area (Å²) < 4.78 is 27.7. The van der Waals surface area contributed by atoms with Crippen molar-refractivity contribution >= 4 is 17.8 Å². The molecular formula is C20H19F2N3O3. The van der Waals surface area contributed by atoms with Gasteiger partial charge in [-0.15, -0.1) is 0 Å². The van der Waals surface area contributed by atoms with E-state index in [1.807, 2.05) is 30.3 Å². The van der Waals surface area contributed by atoms with Crippen LogP contribution < -0.4 is 5.32 Å². The highest BCUT2D eigenvalue weighted by Crippen LogP contribution is 2.31. The molecule has 0 aromatic heterocycles. The molecule has 8 heteroatoms. The summed E-state index contributed by atoms with van der Waals surface area (Å²) in [5.74, 6) is -2.84. The van der Waals surface area contributed by atoms with E-state index >= 15 is 0 Å². The first-order chi connectivity index (χ1) is 13.2. The van der Waals surface area contributed by atoms with E-state index in [0.29, 0.717) is 11.4 Å². The van der Waals surface area contributed by atoms with Gasteiger partial charge in [0.1, 0.15) is 23.7 Å². The van der Waals surface area contributed by atoms with Crippen LogP contribution in [0.1, 0.15) is 18.1 Å². The normalized spacial score (nSPS) is 18.9. The summed E-state index contributed by atoms with van der Waals surface area (Å²) in [5.41, 5.74) is -1.19. The Labute approximate surface area is 160 Å². The van der Waals surface area contributed by atoms with Crippen molar-refractivity contribution in [3.63, 3.8) is 0 Å². The van der Waals surface area contributed by atoms with Crippen molar-refractivity contribution in [2.24, 2.45) is 0 Å². The van der Waals surface area contributed by atoms with Crippen LogP contribution in [0, 0.1) is 11.6 Å². The lowest BCUT2D eigenvalue weighted by Gasteiger charge is -2.23. The predicted molar refractivity (Wildman–Crippen MR) is 96.9 cm³/mol. The number of halogens is 2. The lowest BCUT2D eigenvalue weighted by Crippen LogP contribution is -2.44. The van der Waals surface area contributed by atoms with E-state index in [2.05, 4.69) is 5.32 Å². The van der Waals surface area contributed by atoms with E-state index in [-0.39, 0.29) is 5.56 Å². The van der Waals surface area contributed by atoms with E-state index < -0.39 is 41.6 Å². The van der Waals surface area contributed by atoms with Gasteiger partial charge < -0.3 is 10.2 Å². The second-order valence-corrected chi connectivity index (χ2v) is 6.81. The number of nitrogens with zero attached hydrogens (tertiary/aromatic N) is 2. The zero-order valence-electron chi connectivity index (χ0n) is 15.4. The van der Waals surface area contributed by atoms with Gasteiger partial charge in [0.05, 0.1) is 0 Å². The smallest absolute Gasteiger partial charge is 0.325 e. The highest BCUT2D eigenvalue weighted by Gasteiger charge is 2.51. The average Bonchev–Trinajstić information content (AvgIpc) is 2.88. The summed E-state index contributed by atoms with van der Waals surface area (Å²) in [7, 11) is 1.55. The van der Waals surface area contributed by atoms with Gasteiger partial charge in [0.2, 0.25) is 5.91 Å². The monoisotopic (exact) mass is 387 g/mol. The number of benzene rings is 2. The maximum Gasteiger partial charge on any atom is 0.325 e. The van der Waals surface area contributed by atoms with Crippen LogP contribution in [-0.2, 0) is 21.7 Å². The van der Waals surface area contributed by atoms with Crippen LogP contribution in [0.3, 0.4) is 0 Å². The summed E-state index contributed by atoms with van der Waals surface area (Å²) in [5, 5.41) is 2.37. The van der Waals surface area contributed by atoms with E-state index in [1.165, 1.54) is 11.8 Å². The number of imide groups is 1. The molecule has 0 radical (unpaired) electrons. The van der Waals surface area contributed by atoms with Crippen LogP contribution in [-0.4, -0.2) is 41.2 Å². The maximum atomic E-state index is 14.2. The summed E-state index contributed by atoms with van der Waals surface area (Å²) in [6.45, 7) is 1.09. The van der Waals surface area contributed by atoms with E-state index in [0.717, 1.165) is 23.8 Å². The van der Waals surface area contributed by atoms with Crippen LogP contribution in [0.25, 0.3) is 0 Å². The second kappa shape index (κ2) is 7.38. The molecule has 0 bridgehead atoms. The SMILES string of the molecule is CN(Cc1ccccc1)C(=O)CN1C(=O)N[C@](C)(c2cc(F)ccc2F)C1=O. The Morgan fingerprint density at radius 1 is 1.14 bits per heavy atom. The summed E-state index contributed by atoms with van der Waals surface area (Å²) in [6.07, 6.45) is 0. The Hall–Kier alpha value is -3.29. The Kier molecular flexibility index (Phi) is 5.13. The number of hydrogen-bond acceptors (Lipinski definition) is 3. The van der Waals surface area contributed by atoms with Gasteiger partial charge in [0.15, 0.2) is 0 Å². The van der Waals surface area contributed by atoms with Gasteiger partial charge in [-0.2, -0.15) is 0 Å². The molecule has 0 saturated carbocycles. The largest absolute Gasteiger partial charge is 0.340 e. The molecule has 1 atom stereocenters.